The zero-order chi connectivity index (χ0) is 32.6. The molecule has 0 radical (unpaired) electrons. The average molecular weight is 669 g/mol. The van der Waals surface area contributed by atoms with Gasteiger partial charge >= 0.3 is 0 Å². The fourth-order valence-electron chi connectivity index (χ4n) is 14.8. The quantitative estimate of drug-likeness (QED) is 0.197. The molecule has 10 aliphatic rings. The monoisotopic (exact) mass is 668 g/mol. The zero-order valence-electron chi connectivity index (χ0n) is 29.1. The Labute approximate surface area is 299 Å². The summed E-state index contributed by atoms with van der Waals surface area (Å²) in [6, 6.07) is 44.7. The van der Waals surface area contributed by atoms with E-state index in [1.54, 1.807) is 21.5 Å². The molecular formula is C48H48OSi. The first-order valence-electron chi connectivity index (χ1n) is 20.2. The molecule has 2 heteroatoms. The lowest BCUT2D eigenvalue weighted by Gasteiger charge is -2.68. The summed E-state index contributed by atoms with van der Waals surface area (Å²) in [4.78, 5) is 0. The summed E-state index contributed by atoms with van der Waals surface area (Å²) in [6.45, 7) is 0. The Kier molecular flexibility index (Phi) is 6.15. The molecule has 4 aromatic rings. The second kappa shape index (κ2) is 10.5. The third-order valence-electron chi connectivity index (χ3n) is 15.7. The molecule has 0 N–H and O–H groups in total. The van der Waals surface area contributed by atoms with Crippen LogP contribution in [0, 0.1) is 47.3 Å². The van der Waals surface area contributed by atoms with E-state index in [9.17, 15) is 0 Å². The van der Waals surface area contributed by atoms with Gasteiger partial charge in [-0.25, -0.2) is 0 Å². The Morgan fingerprint density at radius 1 is 0.440 bits per heavy atom. The number of hydrogen-bond donors (Lipinski definition) is 0. The van der Waals surface area contributed by atoms with Crippen molar-refractivity contribution in [2.75, 3.05) is 0 Å². The van der Waals surface area contributed by atoms with Crippen LogP contribution in [0.1, 0.15) is 92.0 Å². The van der Waals surface area contributed by atoms with Crippen LogP contribution in [0.5, 0.6) is 0 Å². The molecule has 1 atom stereocenters. The average Bonchev–Trinajstić information content (AvgIpc) is 3.45. The van der Waals surface area contributed by atoms with Crippen LogP contribution in [0.25, 0.3) is 21.5 Å². The van der Waals surface area contributed by atoms with Gasteiger partial charge in [-0.1, -0.05) is 115 Å². The first-order valence-corrected chi connectivity index (χ1v) is 22.2. The van der Waals surface area contributed by atoms with E-state index in [1.165, 1.54) is 92.0 Å². The minimum atomic E-state index is -2.94. The molecule has 2 heterocycles. The molecular weight excluding hydrogens is 621 g/mol. The second-order valence-corrected chi connectivity index (χ2v) is 21.4. The first-order chi connectivity index (χ1) is 24.7. The molecule has 8 fully saturated rings. The summed E-state index contributed by atoms with van der Waals surface area (Å²) in [5.74, 6) is 6.51. The van der Waals surface area contributed by atoms with Gasteiger partial charge in [-0.15, -0.1) is 0 Å². The van der Waals surface area contributed by atoms with E-state index in [4.69, 9.17) is 4.43 Å². The summed E-state index contributed by atoms with van der Waals surface area (Å²) < 4.78 is 9.01. The van der Waals surface area contributed by atoms with Gasteiger partial charge in [0.25, 0.3) is 8.32 Å². The molecule has 14 rings (SSSR count). The van der Waals surface area contributed by atoms with Crippen LogP contribution in [0.2, 0.25) is 5.54 Å². The van der Waals surface area contributed by atoms with Crippen LogP contribution in [-0.4, -0.2) is 8.32 Å². The molecule has 250 valence electrons. The van der Waals surface area contributed by atoms with Crippen molar-refractivity contribution < 1.29 is 4.43 Å². The van der Waals surface area contributed by atoms with E-state index >= 15 is 0 Å². The SMILES string of the molecule is c1ccc(C2=C(c3ccccc3)[Si@@]3(C4C5CC6CC(C5)CC4C6)OC4(c5ccccc5C3=C2c2ccccc2)C2CC3CC(C2)CC4C3)cc1. The lowest BCUT2D eigenvalue weighted by atomic mass is 9.48. The highest BCUT2D eigenvalue weighted by atomic mass is 28.4. The minimum absolute atomic E-state index is 0.164. The molecule has 1 nitrogen and oxygen atoms in total. The van der Waals surface area contributed by atoms with E-state index in [0.29, 0.717) is 17.4 Å². The highest BCUT2D eigenvalue weighted by Crippen LogP contribution is 2.75. The van der Waals surface area contributed by atoms with Gasteiger partial charge in [0, 0.05) is 0 Å². The first kappa shape index (κ1) is 29.1. The molecule has 0 aromatic heterocycles. The fourth-order valence-corrected chi connectivity index (χ4v) is 21.4. The van der Waals surface area contributed by atoms with Gasteiger partial charge in [0.1, 0.15) is 0 Å². The van der Waals surface area contributed by atoms with E-state index in [0.717, 1.165) is 35.5 Å². The molecule has 4 aromatic carbocycles. The summed E-state index contributed by atoms with van der Waals surface area (Å²) in [6.07, 6.45) is 14.2. The molecule has 2 aliphatic heterocycles. The van der Waals surface area contributed by atoms with Crippen molar-refractivity contribution in [2.24, 2.45) is 47.3 Å². The normalized spacial score (nSPS) is 40.1. The largest absolute Gasteiger partial charge is 0.397 e. The number of fused-ring (bicyclic) bond motifs is 4. The van der Waals surface area contributed by atoms with Crippen molar-refractivity contribution >= 4 is 29.9 Å². The van der Waals surface area contributed by atoms with Crippen LogP contribution in [-0.2, 0) is 10.0 Å². The highest BCUT2D eigenvalue weighted by molar-refractivity contribution is 7.12. The number of allylic oxidation sites excluding steroid dienone is 2. The van der Waals surface area contributed by atoms with Gasteiger partial charge in [0.05, 0.1) is 5.60 Å². The Bertz CT molecular complexity index is 2000. The molecule has 8 bridgehead atoms. The van der Waals surface area contributed by atoms with Gasteiger partial charge < -0.3 is 4.43 Å². The zero-order valence-corrected chi connectivity index (χ0v) is 30.1. The molecule has 0 amide bonds. The van der Waals surface area contributed by atoms with E-state index in [1.807, 2.05) is 0 Å². The van der Waals surface area contributed by atoms with Crippen molar-refractivity contribution in [1.29, 1.82) is 0 Å². The summed E-state index contributed by atoms with van der Waals surface area (Å²) in [5, 5.41) is 3.27. The Morgan fingerprint density at radius 2 is 0.880 bits per heavy atom. The van der Waals surface area contributed by atoms with Crippen LogP contribution in [0.3, 0.4) is 0 Å². The molecule has 0 saturated heterocycles. The third kappa shape index (κ3) is 3.78. The number of benzene rings is 4. The van der Waals surface area contributed by atoms with Gasteiger partial charge in [-0.2, -0.15) is 0 Å². The molecule has 8 saturated carbocycles. The van der Waals surface area contributed by atoms with Crippen LogP contribution < -0.4 is 0 Å². The highest BCUT2D eigenvalue weighted by Gasteiger charge is 2.72. The maximum Gasteiger partial charge on any atom is 0.263 e. The van der Waals surface area contributed by atoms with E-state index < -0.39 is 8.32 Å². The lowest BCUT2D eigenvalue weighted by Crippen LogP contribution is -2.67. The van der Waals surface area contributed by atoms with Gasteiger partial charge in [-0.3, -0.25) is 0 Å². The Balaban J connectivity index is 1.25. The number of hydrogen-bond acceptors (Lipinski definition) is 1. The van der Waals surface area contributed by atoms with Crippen molar-refractivity contribution in [3.63, 3.8) is 0 Å². The predicted octanol–water partition coefficient (Wildman–Crippen LogP) is 11.8. The summed E-state index contributed by atoms with van der Waals surface area (Å²) in [5.41, 5.74) is 10.7. The maximum absolute atomic E-state index is 9.01. The second-order valence-electron chi connectivity index (χ2n) is 18.0. The smallest absolute Gasteiger partial charge is 0.263 e. The lowest BCUT2D eigenvalue weighted by molar-refractivity contribution is -0.170. The molecule has 8 aliphatic carbocycles. The van der Waals surface area contributed by atoms with Crippen LogP contribution in [0.15, 0.2) is 115 Å². The predicted molar refractivity (Wildman–Crippen MR) is 206 cm³/mol. The topological polar surface area (TPSA) is 9.23 Å². The Morgan fingerprint density at radius 3 is 1.42 bits per heavy atom. The van der Waals surface area contributed by atoms with Gasteiger partial charge in [0.2, 0.25) is 0 Å². The molecule has 0 unspecified atom stereocenters. The van der Waals surface area contributed by atoms with Gasteiger partial charge in [-0.05, 0) is 166 Å². The van der Waals surface area contributed by atoms with Crippen molar-refractivity contribution in [1.82, 2.24) is 0 Å². The third-order valence-corrected chi connectivity index (χ3v) is 20.8. The van der Waals surface area contributed by atoms with E-state index in [2.05, 4.69) is 115 Å². The summed E-state index contributed by atoms with van der Waals surface area (Å²) >= 11 is 0. The standard InChI is InChI=1S/C48H48OSi/c1-4-12-34(13-5-1)43-44(35-14-6-2-7-15-35)47-41-18-10-11-19-42(41)48(39-26-32-21-33(28-39)29-40(48)27-32)49-50(47,46(43)36-16-8-3-9-17-36)45-37-22-30-20-31(24-37)25-38(45)23-30/h1-19,30-33,37-40,45H,20-29H2/t30?,31?,32?,33?,37?,38?,39?,40?,45?,48?,50-/m1/s1. The summed E-state index contributed by atoms with van der Waals surface area (Å²) in [7, 11) is -2.94. The van der Waals surface area contributed by atoms with Crippen molar-refractivity contribution in [3.05, 3.63) is 143 Å². The molecule has 50 heavy (non-hydrogen) atoms. The fraction of sp³-hybridized carbons (Fsp3) is 0.417. The maximum atomic E-state index is 9.01. The van der Waals surface area contributed by atoms with Crippen LogP contribution in [0.4, 0.5) is 0 Å². The van der Waals surface area contributed by atoms with Crippen molar-refractivity contribution in [2.45, 2.75) is 75.4 Å². The minimum Gasteiger partial charge on any atom is -0.397 e. The molecule has 1 spiro atoms. The van der Waals surface area contributed by atoms with E-state index in [-0.39, 0.29) is 5.60 Å². The number of rotatable bonds is 4. The Hall–Kier alpha value is -3.46. The van der Waals surface area contributed by atoms with Crippen molar-refractivity contribution in [3.8, 4) is 0 Å². The van der Waals surface area contributed by atoms with Crippen LogP contribution >= 0.6 is 0 Å². The van der Waals surface area contributed by atoms with Gasteiger partial charge in [0.15, 0.2) is 0 Å².